The molecule has 0 radical (unpaired) electrons. The van der Waals surface area contributed by atoms with Gasteiger partial charge in [0.1, 0.15) is 23.1 Å². The number of carbonyl (C=O) groups is 2. The summed E-state index contributed by atoms with van der Waals surface area (Å²) in [5, 5.41) is 2.68. The normalized spacial score (nSPS) is 19.3. The van der Waals surface area contributed by atoms with E-state index in [9.17, 15) is 14.0 Å². The first-order valence-electron chi connectivity index (χ1n) is 10.7. The lowest BCUT2D eigenvalue weighted by Gasteiger charge is -2.23. The molecule has 1 aliphatic carbocycles. The van der Waals surface area contributed by atoms with Gasteiger partial charge in [0, 0.05) is 25.0 Å². The number of amides is 2. The highest BCUT2D eigenvalue weighted by Crippen LogP contribution is 2.54. The second-order valence-corrected chi connectivity index (χ2v) is 8.59. The van der Waals surface area contributed by atoms with Crippen LogP contribution in [0.2, 0.25) is 0 Å². The third kappa shape index (κ3) is 2.86. The molecule has 2 aliphatic rings. The van der Waals surface area contributed by atoms with Crippen molar-refractivity contribution in [3.63, 3.8) is 0 Å². The van der Waals surface area contributed by atoms with Gasteiger partial charge in [0.15, 0.2) is 16.9 Å². The summed E-state index contributed by atoms with van der Waals surface area (Å²) in [7, 11) is 0. The largest absolute Gasteiger partial charge is 0.383 e. The third-order valence-corrected chi connectivity index (χ3v) is 6.43. The van der Waals surface area contributed by atoms with Crippen molar-refractivity contribution in [3.05, 3.63) is 65.5 Å². The number of halogens is 1. The van der Waals surface area contributed by atoms with Gasteiger partial charge in [0.05, 0.1) is 11.3 Å². The summed E-state index contributed by atoms with van der Waals surface area (Å²) in [5.74, 6) is -1.51. The second-order valence-electron chi connectivity index (χ2n) is 8.59. The SMILES string of the molecule is NC(=O)C1(C2CC2)C(=O)Nc2nc(-c3cn4ccnc4c(Cc4cccc(F)c4)n3)nc(N)c21. The summed E-state index contributed by atoms with van der Waals surface area (Å²) in [6, 6.07) is 6.25. The molecule has 1 unspecified atom stereocenters. The smallest absolute Gasteiger partial charge is 0.246 e. The van der Waals surface area contributed by atoms with Crippen molar-refractivity contribution in [3.8, 4) is 11.5 Å². The lowest BCUT2D eigenvalue weighted by Crippen LogP contribution is -2.49. The van der Waals surface area contributed by atoms with Crippen LogP contribution < -0.4 is 16.8 Å². The van der Waals surface area contributed by atoms with Crippen LogP contribution in [-0.2, 0) is 21.4 Å². The van der Waals surface area contributed by atoms with E-state index < -0.39 is 17.2 Å². The lowest BCUT2D eigenvalue weighted by atomic mass is 9.76. The first kappa shape index (κ1) is 20.2. The fourth-order valence-electron chi connectivity index (χ4n) is 4.80. The molecule has 6 rings (SSSR count). The van der Waals surface area contributed by atoms with Gasteiger partial charge in [-0.25, -0.2) is 24.3 Å². The molecule has 5 N–H and O–H groups in total. The Kier molecular flexibility index (Phi) is 4.19. The molecule has 1 atom stereocenters. The number of primary amides is 1. The zero-order chi connectivity index (χ0) is 23.6. The van der Waals surface area contributed by atoms with Crippen molar-refractivity contribution >= 4 is 29.1 Å². The Morgan fingerprint density at radius 3 is 2.82 bits per heavy atom. The highest BCUT2D eigenvalue weighted by atomic mass is 19.1. The predicted molar refractivity (Wildman–Crippen MR) is 120 cm³/mol. The van der Waals surface area contributed by atoms with Gasteiger partial charge in [-0.15, -0.1) is 0 Å². The quantitative estimate of drug-likeness (QED) is 0.384. The van der Waals surface area contributed by atoms with Crippen LogP contribution in [0.15, 0.2) is 42.9 Å². The fourth-order valence-corrected chi connectivity index (χ4v) is 4.80. The van der Waals surface area contributed by atoms with Gasteiger partial charge in [0.25, 0.3) is 0 Å². The van der Waals surface area contributed by atoms with E-state index in [1.165, 1.54) is 12.1 Å². The number of hydrogen-bond acceptors (Lipinski definition) is 7. The van der Waals surface area contributed by atoms with Crippen molar-refractivity contribution in [1.82, 2.24) is 24.3 Å². The maximum Gasteiger partial charge on any atom is 0.246 e. The molecule has 0 bridgehead atoms. The van der Waals surface area contributed by atoms with Crippen LogP contribution >= 0.6 is 0 Å². The summed E-state index contributed by atoms with van der Waals surface area (Å²) < 4.78 is 15.5. The number of rotatable bonds is 5. The highest BCUT2D eigenvalue weighted by molar-refractivity contribution is 6.21. The Bertz CT molecular complexity index is 1510. The van der Waals surface area contributed by atoms with E-state index in [4.69, 9.17) is 11.5 Å². The van der Waals surface area contributed by atoms with Gasteiger partial charge in [-0.2, -0.15) is 0 Å². The Morgan fingerprint density at radius 2 is 2.09 bits per heavy atom. The predicted octanol–water partition coefficient (Wildman–Crippen LogP) is 1.58. The molecule has 1 aromatic carbocycles. The molecule has 10 nitrogen and oxygen atoms in total. The molecule has 2 amide bonds. The maximum atomic E-state index is 13.7. The molecule has 1 aliphatic heterocycles. The highest BCUT2D eigenvalue weighted by Gasteiger charge is 2.62. The third-order valence-electron chi connectivity index (χ3n) is 6.43. The Hall–Kier alpha value is -4.41. The van der Waals surface area contributed by atoms with E-state index >= 15 is 0 Å². The molecule has 4 aromatic rings. The number of benzene rings is 1. The summed E-state index contributed by atoms with van der Waals surface area (Å²) >= 11 is 0. The number of nitrogens with zero attached hydrogens (tertiary/aromatic N) is 5. The van der Waals surface area contributed by atoms with Gasteiger partial charge >= 0.3 is 0 Å². The number of nitrogens with one attached hydrogen (secondary N) is 1. The molecule has 0 saturated heterocycles. The van der Waals surface area contributed by atoms with E-state index in [0.717, 1.165) is 5.56 Å². The number of fused-ring (bicyclic) bond motifs is 2. The second kappa shape index (κ2) is 7.04. The minimum Gasteiger partial charge on any atom is -0.383 e. The summed E-state index contributed by atoms with van der Waals surface area (Å²) in [5.41, 5.74) is 13.0. The van der Waals surface area contributed by atoms with Crippen LogP contribution in [0.1, 0.15) is 29.7 Å². The number of anilines is 2. The number of imidazole rings is 1. The van der Waals surface area contributed by atoms with E-state index in [1.54, 1.807) is 35.1 Å². The van der Waals surface area contributed by atoms with Crippen LogP contribution in [0, 0.1) is 11.7 Å². The van der Waals surface area contributed by atoms with Crippen LogP contribution in [0.5, 0.6) is 0 Å². The van der Waals surface area contributed by atoms with Crippen molar-refractivity contribution in [2.24, 2.45) is 11.7 Å². The van der Waals surface area contributed by atoms with Crippen LogP contribution in [0.4, 0.5) is 16.0 Å². The van der Waals surface area contributed by atoms with Gasteiger partial charge in [0.2, 0.25) is 11.8 Å². The molecule has 1 saturated carbocycles. The van der Waals surface area contributed by atoms with E-state index in [1.807, 2.05) is 0 Å². The van der Waals surface area contributed by atoms with E-state index in [2.05, 4.69) is 25.3 Å². The van der Waals surface area contributed by atoms with Crippen LogP contribution in [0.3, 0.4) is 0 Å². The van der Waals surface area contributed by atoms with Crippen molar-refractivity contribution in [2.75, 3.05) is 11.1 Å². The molecule has 34 heavy (non-hydrogen) atoms. The number of nitrogens with two attached hydrogens (primary N) is 2. The first-order valence-corrected chi connectivity index (χ1v) is 10.7. The number of carbonyl (C=O) groups excluding carboxylic acids is 2. The van der Waals surface area contributed by atoms with Crippen molar-refractivity contribution < 1.29 is 14.0 Å². The number of nitrogen functional groups attached to an aromatic ring is 1. The molecular formula is C23H19FN8O2. The van der Waals surface area contributed by atoms with E-state index in [0.29, 0.717) is 36.3 Å². The molecular weight excluding hydrogens is 439 g/mol. The lowest BCUT2D eigenvalue weighted by molar-refractivity contribution is -0.133. The monoisotopic (exact) mass is 458 g/mol. The standard InChI is InChI=1S/C23H19FN8O2/c24-13-3-1-2-11(8-13)9-14-20-27-6-7-32(20)10-15(28-14)18-29-17(25)16-19(30-18)31-22(34)23(16,21(26)33)12-4-5-12/h1-3,6-8,10,12H,4-5,9H2,(H2,26,33)(H3,25,29,30,31,34). The zero-order valence-electron chi connectivity index (χ0n) is 17.8. The molecule has 1 fully saturated rings. The van der Waals surface area contributed by atoms with Gasteiger partial charge < -0.3 is 21.2 Å². The van der Waals surface area contributed by atoms with E-state index in [-0.39, 0.29) is 34.8 Å². The fraction of sp³-hybridized carbons (Fsp3) is 0.217. The molecule has 170 valence electrons. The summed E-state index contributed by atoms with van der Waals surface area (Å²) in [6.45, 7) is 0. The number of hydrogen-bond donors (Lipinski definition) is 3. The zero-order valence-corrected chi connectivity index (χ0v) is 17.8. The topological polar surface area (TPSA) is 154 Å². The molecule has 4 heterocycles. The Balaban J connectivity index is 1.48. The molecule has 3 aromatic heterocycles. The minimum atomic E-state index is -1.55. The van der Waals surface area contributed by atoms with Crippen LogP contribution in [-0.4, -0.2) is 36.2 Å². The minimum absolute atomic E-state index is 0.00302. The Morgan fingerprint density at radius 1 is 1.26 bits per heavy atom. The van der Waals surface area contributed by atoms with Crippen LogP contribution in [0.25, 0.3) is 17.2 Å². The van der Waals surface area contributed by atoms with Gasteiger partial charge in [-0.3, -0.25) is 9.59 Å². The molecule has 11 heteroatoms. The van der Waals surface area contributed by atoms with Gasteiger partial charge in [-0.05, 0) is 36.5 Å². The summed E-state index contributed by atoms with van der Waals surface area (Å²) in [6.07, 6.45) is 6.79. The van der Waals surface area contributed by atoms with Crippen molar-refractivity contribution in [1.29, 1.82) is 0 Å². The number of aromatic nitrogens is 5. The Labute approximate surface area is 192 Å². The maximum absolute atomic E-state index is 13.7. The van der Waals surface area contributed by atoms with Crippen molar-refractivity contribution in [2.45, 2.75) is 24.7 Å². The summed E-state index contributed by atoms with van der Waals surface area (Å²) in [4.78, 5) is 43.3. The first-order chi connectivity index (χ1) is 16.4. The van der Waals surface area contributed by atoms with Gasteiger partial charge in [-0.1, -0.05) is 12.1 Å². The average molecular weight is 458 g/mol. The average Bonchev–Trinajstić information content (AvgIpc) is 3.43. The molecule has 0 spiro atoms.